The number of carbonyl (C=O) groups is 1. The minimum absolute atomic E-state index is 0.108. The Bertz CT molecular complexity index is 578. The lowest BCUT2D eigenvalue weighted by Crippen LogP contribution is -2.54. The molecular weight excluding hydrogens is 278 g/mol. The van der Waals surface area contributed by atoms with E-state index in [1.165, 1.54) is 5.56 Å². The molecule has 0 bridgehead atoms. The van der Waals surface area contributed by atoms with E-state index in [4.69, 9.17) is 4.74 Å². The van der Waals surface area contributed by atoms with Crippen LogP contribution < -0.4 is 19.9 Å². The van der Waals surface area contributed by atoms with Gasteiger partial charge in [-0.05, 0) is 38.0 Å². The van der Waals surface area contributed by atoms with E-state index in [9.17, 15) is 4.79 Å². The number of methoxy groups -OCH3 is 1. The van der Waals surface area contributed by atoms with Crippen molar-refractivity contribution in [2.75, 3.05) is 36.5 Å². The lowest BCUT2D eigenvalue weighted by molar-refractivity contribution is -0.116. The van der Waals surface area contributed by atoms with Crippen molar-refractivity contribution in [1.82, 2.24) is 5.32 Å². The van der Waals surface area contributed by atoms with Crippen LogP contribution in [0, 0.1) is 0 Å². The maximum absolute atomic E-state index is 11.8. The van der Waals surface area contributed by atoms with Gasteiger partial charge in [0, 0.05) is 44.3 Å². The molecule has 5 heteroatoms. The molecule has 1 aromatic carbocycles. The third-order valence-corrected chi connectivity index (χ3v) is 4.55. The third-order valence-electron chi connectivity index (χ3n) is 4.55. The predicted octanol–water partition coefficient (Wildman–Crippen LogP) is 1.79. The SMILES string of the molecule is COc1cc2c(cc1N1CC(C)NC(C)C1)N(C(C)=O)CC2. The Morgan fingerprint density at radius 1 is 1.23 bits per heavy atom. The summed E-state index contributed by atoms with van der Waals surface area (Å²) in [6, 6.07) is 5.11. The molecule has 1 aromatic rings. The number of amides is 1. The maximum atomic E-state index is 11.8. The Morgan fingerprint density at radius 3 is 2.50 bits per heavy atom. The molecule has 120 valence electrons. The number of hydrogen-bond donors (Lipinski definition) is 1. The van der Waals surface area contributed by atoms with Crippen LogP contribution in [0.5, 0.6) is 5.75 Å². The van der Waals surface area contributed by atoms with Gasteiger partial charge in [0.15, 0.2) is 0 Å². The van der Waals surface area contributed by atoms with Gasteiger partial charge < -0.3 is 19.9 Å². The van der Waals surface area contributed by atoms with Crippen LogP contribution in [-0.2, 0) is 11.2 Å². The fraction of sp³-hybridized carbons (Fsp3) is 0.588. The molecule has 5 nitrogen and oxygen atoms in total. The molecule has 1 saturated heterocycles. The summed E-state index contributed by atoms with van der Waals surface area (Å²) >= 11 is 0. The standard InChI is InChI=1S/C17H25N3O2/c1-11-9-19(10-12(2)18-11)16-8-15-14(7-17(16)22-4)5-6-20(15)13(3)21/h7-8,11-12,18H,5-6,9-10H2,1-4H3. The number of hydrogen-bond acceptors (Lipinski definition) is 4. The first-order valence-electron chi connectivity index (χ1n) is 7.99. The number of nitrogens with zero attached hydrogens (tertiary/aromatic N) is 2. The monoisotopic (exact) mass is 303 g/mol. The van der Waals surface area contributed by atoms with E-state index in [1.54, 1.807) is 14.0 Å². The van der Waals surface area contributed by atoms with Crippen LogP contribution in [0.2, 0.25) is 0 Å². The van der Waals surface area contributed by atoms with Crippen LogP contribution in [0.15, 0.2) is 12.1 Å². The summed E-state index contributed by atoms with van der Waals surface area (Å²) in [4.78, 5) is 16.1. The van der Waals surface area contributed by atoms with Crippen molar-refractivity contribution in [3.05, 3.63) is 17.7 Å². The van der Waals surface area contributed by atoms with Crippen LogP contribution >= 0.6 is 0 Å². The summed E-state index contributed by atoms with van der Waals surface area (Å²) < 4.78 is 5.62. The highest BCUT2D eigenvalue weighted by atomic mass is 16.5. The first-order valence-corrected chi connectivity index (χ1v) is 7.99. The van der Waals surface area contributed by atoms with Gasteiger partial charge in [0.1, 0.15) is 5.75 Å². The Balaban J connectivity index is 2.00. The number of nitrogens with one attached hydrogen (secondary N) is 1. The number of anilines is 2. The lowest BCUT2D eigenvalue weighted by atomic mass is 10.1. The van der Waals surface area contributed by atoms with E-state index in [0.29, 0.717) is 12.1 Å². The Morgan fingerprint density at radius 2 is 1.91 bits per heavy atom. The summed E-state index contributed by atoms with van der Waals surface area (Å²) in [5, 5.41) is 3.55. The molecule has 0 aliphatic carbocycles. The topological polar surface area (TPSA) is 44.8 Å². The maximum Gasteiger partial charge on any atom is 0.223 e. The fourth-order valence-corrected chi connectivity index (χ4v) is 3.66. The van der Waals surface area contributed by atoms with Gasteiger partial charge >= 0.3 is 0 Å². The summed E-state index contributed by atoms with van der Waals surface area (Å²) in [6.45, 7) is 8.69. The number of ether oxygens (including phenoxy) is 1. The van der Waals surface area contributed by atoms with Gasteiger partial charge in [-0.25, -0.2) is 0 Å². The highest BCUT2D eigenvalue weighted by Gasteiger charge is 2.28. The highest BCUT2D eigenvalue weighted by Crippen LogP contribution is 2.39. The number of carbonyl (C=O) groups excluding carboxylic acids is 1. The van der Waals surface area contributed by atoms with Crippen LogP contribution in [0.1, 0.15) is 26.3 Å². The lowest BCUT2D eigenvalue weighted by Gasteiger charge is -2.38. The summed E-state index contributed by atoms with van der Waals surface area (Å²) in [6.07, 6.45) is 0.903. The van der Waals surface area contributed by atoms with E-state index in [2.05, 4.69) is 36.2 Å². The fourth-order valence-electron chi connectivity index (χ4n) is 3.66. The zero-order chi connectivity index (χ0) is 15.9. The molecule has 3 rings (SSSR count). The molecule has 0 saturated carbocycles. The van der Waals surface area contributed by atoms with Gasteiger partial charge in [-0.2, -0.15) is 0 Å². The molecule has 0 spiro atoms. The van der Waals surface area contributed by atoms with E-state index in [1.807, 2.05) is 4.90 Å². The van der Waals surface area contributed by atoms with Crippen LogP contribution in [0.25, 0.3) is 0 Å². The molecule has 1 N–H and O–H groups in total. The molecule has 0 radical (unpaired) electrons. The van der Waals surface area contributed by atoms with Crippen molar-refractivity contribution in [3.63, 3.8) is 0 Å². The summed E-state index contributed by atoms with van der Waals surface area (Å²) in [5.74, 6) is 1.02. The molecular formula is C17H25N3O2. The quantitative estimate of drug-likeness (QED) is 0.905. The van der Waals surface area contributed by atoms with E-state index in [-0.39, 0.29) is 5.91 Å². The van der Waals surface area contributed by atoms with Crippen LogP contribution in [0.4, 0.5) is 11.4 Å². The zero-order valence-electron chi connectivity index (χ0n) is 13.8. The van der Waals surface area contributed by atoms with Crippen molar-refractivity contribution in [3.8, 4) is 5.75 Å². The average Bonchev–Trinajstić information content (AvgIpc) is 2.87. The summed E-state index contributed by atoms with van der Waals surface area (Å²) in [5.41, 5.74) is 3.34. The van der Waals surface area contributed by atoms with Gasteiger partial charge in [0.05, 0.1) is 12.8 Å². The number of rotatable bonds is 2. The van der Waals surface area contributed by atoms with Crippen molar-refractivity contribution in [2.45, 2.75) is 39.3 Å². The van der Waals surface area contributed by atoms with Gasteiger partial charge in [0.2, 0.25) is 5.91 Å². The van der Waals surface area contributed by atoms with Crippen molar-refractivity contribution >= 4 is 17.3 Å². The number of benzene rings is 1. The largest absolute Gasteiger partial charge is 0.495 e. The highest BCUT2D eigenvalue weighted by molar-refractivity contribution is 5.95. The minimum atomic E-state index is 0.108. The van der Waals surface area contributed by atoms with Crippen molar-refractivity contribution < 1.29 is 9.53 Å². The van der Waals surface area contributed by atoms with Gasteiger partial charge in [-0.1, -0.05) is 0 Å². The molecule has 2 atom stereocenters. The number of piperazine rings is 1. The first-order chi connectivity index (χ1) is 10.5. The predicted molar refractivity (Wildman–Crippen MR) is 89.0 cm³/mol. The molecule has 2 aliphatic heterocycles. The van der Waals surface area contributed by atoms with Gasteiger partial charge in [-0.15, -0.1) is 0 Å². The van der Waals surface area contributed by atoms with Crippen LogP contribution in [0.3, 0.4) is 0 Å². The van der Waals surface area contributed by atoms with E-state index in [0.717, 1.165) is 43.2 Å². The molecule has 22 heavy (non-hydrogen) atoms. The minimum Gasteiger partial charge on any atom is -0.495 e. The first kappa shape index (κ1) is 15.2. The van der Waals surface area contributed by atoms with E-state index < -0.39 is 0 Å². The van der Waals surface area contributed by atoms with Crippen molar-refractivity contribution in [1.29, 1.82) is 0 Å². The molecule has 1 fully saturated rings. The number of fused-ring (bicyclic) bond motifs is 1. The zero-order valence-corrected chi connectivity index (χ0v) is 13.8. The molecule has 2 unspecified atom stereocenters. The smallest absolute Gasteiger partial charge is 0.223 e. The normalized spacial score (nSPS) is 24.4. The molecule has 0 aromatic heterocycles. The Hall–Kier alpha value is -1.75. The van der Waals surface area contributed by atoms with Gasteiger partial charge in [-0.3, -0.25) is 4.79 Å². The second-order valence-electron chi connectivity index (χ2n) is 6.45. The molecule has 1 amide bonds. The third kappa shape index (κ3) is 2.65. The molecule has 2 heterocycles. The van der Waals surface area contributed by atoms with E-state index >= 15 is 0 Å². The van der Waals surface area contributed by atoms with Gasteiger partial charge in [0.25, 0.3) is 0 Å². The second kappa shape index (κ2) is 5.80. The molecule has 2 aliphatic rings. The Labute approximate surface area is 132 Å². The van der Waals surface area contributed by atoms with Crippen LogP contribution in [-0.4, -0.2) is 44.7 Å². The summed E-state index contributed by atoms with van der Waals surface area (Å²) in [7, 11) is 1.72. The Kier molecular flexibility index (Phi) is 4.00. The average molecular weight is 303 g/mol. The van der Waals surface area contributed by atoms with Crippen molar-refractivity contribution in [2.24, 2.45) is 0 Å². The second-order valence-corrected chi connectivity index (χ2v) is 6.45.